The van der Waals surface area contributed by atoms with Crippen molar-refractivity contribution in [2.75, 3.05) is 26.0 Å². The molecule has 0 atom stereocenters. The third kappa shape index (κ3) is 4.13. The van der Waals surface area contributed by atoms with Crippen LogP contribution >= 0.6 is 15.9 Å². The van der Waals surface area contributed by atoms with E-state index in [1.165, 1.54) is 12.3 Å². The van der Waals surface area contributed by atoms with Crippen LogP contribution in [-0.2, 0) is 9.84 Å². The van der Waals surface area contributed by atoms with Crippen molar-refractivity contribution in [3.8, 4) is 5.75 Å². The van der Waals surface area contributed by atoms with Gasteiger partial charge in [-0.25, -0.2) is 17.2 Å². The summed E-state index contributed by atoms with van der Waals surface area (Å²) in [7, 11) is -3.26. The number of ether oxygens (including phenoxy) is 1. The van der Waals surface area contributed by atoms with Crippen LogP contribution < -0.4 is 10.1 Å². The molecule has 2 aromatic carbocycles. The predicted molar refractivity (Wildman–Crippen MR) is 122 cm³/mol. The van der Waals surface area contributed by atoms with Gasteiger partial charge in [0.2, 0.25) is 5.78 Å². The molecule has 0 amide bonds. The summed E-state index contributed by atoms with van der Waals surface area (Å²) in [5.74, 6) is -1.35. The quantitative estimate of drug-likeness (QED) is 0.610. The molecule has 0 saturated carbocycles. The average molecular weight is 526 g/mol. The summed E-state index contributed by atoms with van der Waals surface area (Å²) < 4.78 is 57.7. The number of carbonyl (C=O) groups is 1. The number of hydrogen-bond acceptors (Lipinski definition) is 5. The number of halogens is 3. The molecule has 4 rings (SSSR count). The van der Waals surface area contributed by atoms with E-state index < -0.39 is 26.2 Å². The van der Waals surface area contributed by atoms with Crippen molar-refractivity contribution >= 4 is 37.1 Å². The van der Waals surface area contributed by atoms with Crippen LogP contribution in [0, 0.1) is 11.6 Å². The zero-order valence-corrected chi connectivity index (χ0v) is 19.8. The second kappa shape index (κ2) is 8.68. The Bertz CT molecular complexity index is 1220. The summed E-state index contributed by atoms with van der Waals surface area (Å²) in [6.45, 7) is 1.47. The van der Waals surface area contributed by atoms with E-state index in [9.17, 15) is 22.0 Å². The fraction of sp³-hybridized carbons (Fsp3) is 0.348. The van der Waals surface area contributed by atoms with Gasteiger partial charge in [-0.2, -0.15) is 0 Å². The number of nitrogens with one attached hydrogen (secondary N) is 1. The van der Waals surface area contributed by atoms with Gasteiger partial charge in [-0.05, 0) is 77.8 Å². The number of sulfone groups is 1. The molecule has 1 N–H and O–H groups in total. The van der Waals surface area contributed by atoms with E-state index >= 15 is 0 Å². The molecule has 5 nitrogen and oxygen atoms in total. The summed E-state index contributed by atoms with van der Waals surface area (Å²) in [6.07, 6.45) is 2.68. The van der Waals surface area contributed by atoms with Gasteiger partial charge in [-0.15, -0.1) is 0 Å². The molecule has 0 unspecified atom stereocenters. The second-order valence-corrected chi connectivity index (χ2v) is 11.4. The Labute approximate surface area is 193 Å². The van der Waals surface area contributed by atoms with E-state index in [-0.39, 0.29) is 22.4 Å². The number of benzene rings is 2. The minimum atomic E-state index is -3.26. The molecule has 9 heteroatoms. The SMILES string of the molecule is CS(=O)(=O)C1(CCOc2ccc3c(c2)C(=O)C(Br)=C3c2ccc(F)cc2F)CCNCC1. The Hall–Kier alpha value is -2.10. The summed E-state index contributed by atoms with van der Waals surface area (Å²) in [6, 6.07) is 8.12. The molecule has 32 heavy (non-hydrogen) atoms. The van der Waals surface area contributed by atoms with Gasteiger partial charge in [0.1, 0.15) is 17.4 Å². The lowest BCUT2D eigenvalue weighted by Gasteiger charge is -2.35. The lowest BCUT2D eigenvalue weighted by molar-refractivity contribution is 0.104. The van der Waals surface area contributed by atoms with Crippen molar-refractivity contribution in [3.05, 3.63) is 69.2 Å². The average Bonchev–Trinajstić information content (AvgIpc) is 2.98. The Morgan fingerprint density at radius 1 is 1.06 bits per heavy atom. The summed E-state index contributed by atoms with van der Waals surface area (Å²) >= 11 is 3.25. The zero-order valence-electron chi connectivity index (χ0n) is 17.4. The number of piperidine rings is 1. The van der Waals surface area contributed by atoms with Gasteiger partial charge in [0.15, 0.2) is 9.84 Å². The molecular formula is C23H22BrF2NO4S. The molecule has 1 aliphatic heterocycles. The Morgan fingerprint density at radius 2 is 1.75 bits per heavy atom. The third-order valence-corrected chi connectivity index (χ3v) is 9.19. The van der Waals surface area contributed by atoms with Crippen LogP contribution in [0.4, 0.5) is 8.78 Å². The molecule has 0 spiro atoms. The van der Waals surface area contributed by atoms with Crippen molar-refractivity contribution in [2.45, 2.75) is 24.0 Å². The topological polar surface area (TPSA) is 72.5 Å². The van der Waals surface area contributed by atoms with E-state index in [0.29, 0.717) is 54.8 Å². The van der Waals surface area contributed by atoms with E-state index in [1.807, 2.05) is 0 Å². The third-order valence-electron chi connectivity index (χ3n) is 6.25. The molecule has 1 aliphatic carbocycles. The van der Waals surface area contributed by atoms with Crippen LogP contribution in [0.2, 0.25) is 0 Å². The van der Waals surface area contributed by atoms with Crippen LogP contribution in [0.5, 0.6) is 5.75 Å². The molecular weight excluding hydrogens is 504 g/mol. The molecule has 1 fully saturated rings. The summed E-state index contributed by atoms with van der Waals surface area (Å²) in [5, 5.41) is 3.18. The molecule has 1 heterocycles. The van der Waals surface area contributed by atoms with E-state index in [4.69, 9.17) is 4.74 Å². The first-order valence-corrected chi connectivity index (χ1v) is 12.9. The normalized spacial score (nSPS) is 18.1. The lowest BCUT2D eigenvalue weighted by Crippen LogP contribution is -2.48. The first-order valence-electron chi connectivity index (χ1n) is 10.2. The predicted octanol–water partition coefficient (Wildman–Crippen LogP) is 4.25. The van der Waals surface area contributed by atoms with Crippen LogP contribution in [0.15, 0.2) is 40.9 Å². The van der Waals surface area contributed by atoms with Crippen molar-refractivity contribution < 1.29 is 26.7 Å². The number of Topliss-reactive ketones (excluding diaryl/α,β-unsaturated/α-hetero) is 1. The van der Waals surface area contributed by atoms with Crippen LogP contribution in [0.1, 0.15) is 40.7 Å². The highest BCUT2D eigenvalue weighted by atomic mass is 79.9. The maximum Gasteiger partial charge on any atom is 0.201 e. The smallest absolute Gasteiger partial charge is 0.201 e. The lowest BCUT2D eigenvalue weighted by atomic mass is 9.94. The molecule has 0 aromatic heterocycles. The van der Waals surface area contributed by atoms with Crippen molar-refractivity contribution in [1.82, 2.24) is 5.32 Å². The molecule has 2 aliphatic rings. The van der Waals surface area contributed by atoms with Crippen LogP contribution in [0.3, 0.4) is 0 Å². The second-order valence-electron chi connectivity index (χ2n) is 8.15. The summed E-state index contributed by atoms with van der Waals surface area (Å²) in [4.78, 5) is 12.8. The Kier molecular flexibility index (Phi) is 6.26. The fourth-order valence-corrected chi connectivity index (χ4v) is 6.41. The largest absolute Gasteiger partial charge is 0.494 e. The number of fused-ring (bicyclic) bond motifs is 1. The number of carbonyl (C=O) groups excluding carboxylic acids is 1. The summed E-state index contributed by atoms with van der Waals surface area (Å²) in [5.41, 5.74) is 1.35. The van der Waals surface area contributed by atoms with E-state index in [1.54, 1.807) is 18.2 Å². The van der Waals surface area contributed by atoms with Crippen molar-refractivity contribution in [2.24, 2.45) is 0 Å². The molecule has 0 bridgehead atoms. The molecule has 170 valence electrons. The van der Waals surface area contributed by atoms with Crippen molar-refractivity contribution in [1.29, 1.82) is 0 Å². The van der Waals surface area contributed by atoms with Crippen LogP contribution in [0.25, 0.3) is 5.57 Å². The standard InChI is InChI=1S/C23H22BrF2NO4S/c1-32(29,30)23(6-9-27-10-7-23)8-11-31-15-3-5-16-18(13-15)22(28)21(24)20(16)17-4-2-14(25)12-19(17)26/h2-5,12-13,27H,6-11H2,1H3. The van der Waals surface area contributed by atoms with Gasteiger partial charge in [0.25, 0.3) is 0 Å². The highest BCUT2D eigenvalue weighted by Gasteiger charge is 2.41. The van der Waals surface area contributed by atoms with Gasteiger partial charge < -0.3 is 10.1 Å². The maximum absolute atomic E-state index is 14.4. The Morgan fingerprint density at radius 3 is 2.41 bits per heavy atom. The monoisotopic (exact) mass is 525 g/mol. The molecule has 0 radical (unpaired) electrons. The number of hydrogen-bond donors (Lipinski definition) is 1. The minimum Gasteiger partial charge on any atom is -0.494 e. The number of ketones is 1. The highest BCUT2D eigenvalue weighted by molar-refractivity contribution is 9.12. The van der Waals surface area contributed by atoms with Gasteiger partial charge in [-0.1, -0.05) is 0 Å². The first-order chi connectivity index (χ1) is 15.1. The van der Waals surface area contributed by atoms with Gasteiger partial charge in [0, 0.05) is 35.4 Å². The van der Waals surface area contributed by atoms with E-state index in [2.05, 4.69) is 21.2 Å². The highest BCUT2D eigenvalue weighted by Crippen LogP contribution is 2.42. The van der Waals surface area contributed by atoms with Gasteiger partial charge in [0.05, 0.1) is 15.8 Å². The fourth-order valence-electron chi connectivity index (χ4n) is 4.37. The number of rotatable bonds is 6. The maximum atomic E-state index is 14.4. The minimum absolute atomic E-state index is 0.125. The molecule has 1 saturated heterocycles. The number of allylic oxidation sites excluding steroid dienone is 1. The van der Waals surface area contributed by atoms with Gasteiger partial charge in [-0.3, -0.25) is 4.79 Å². The van der Waals surface area contributed by atoms with Crippen LogP contribution in [-0.4, -0.2) is 44.9 Å². The Balaban J connectivity index is 1.55. The molecule has 2 aromatic rings. The van der Waals surface area contributed by atoms with Crippen molar-refractivity contribution in [3.63, 3.8) is 0 Å². The first kappa shape index (κ1) is 23.1. The zero-order chi connectivity index (χ0) is 23.1. The van der Waals surface area contributed by atoms with Gasteiger partial charge >= 0.3 is 0 Å². The van der Waals surface area contributed by atoms with E-state index in [0.717, 1.165) is 12.1 Å².